The van der Waals surface area contributed by atoms with Crippen LogP contribution < -0.4 is 4.90 Å². The minimum atomic E-state index is -0.897. The third-order valence-electron chi connectivity index (χ3n) is 2.99. The van der Waals surface area contributed by atoms with Crippen LogP contribution in [-0.4, -0.2) is 27.4 Å². The second-order valence-corrected chi connectivity index (χ2v) is 4.39. The fourth-order valence-electron chi connectivity index (χ4n) is 1.98. The summed E-state index contributed by atoms with van der Waals surface area (Å²) in [5, 5.41) is 13.1. The highest BCUT2D eigenvalue weighted by Gasteiger charge is 2.09. The molecule has 1 N–H and O–H groups in total. The summed E-state index contributed by atoms with van der Waals surface area (Å²) >= 11 is 0. The Bertz CT molecular complexity index is 578. The van der Waals surface area contributed by atoms with Gasteiger partial charge in [0.15, 0.2) is 0 Å². The van der Waals surface area contributed by atoms with Gasteiger partial charge in [0.05, 0.1) is 17.4 Å². The molecule has 0 aliphatic heterocycles. The molecule has 0 aliphatic carbocycles. The van der Waals surface area contributed by atoms with Crippen molar-refractivity contribution in [3.63, 3.8) is 0 Å². The van der Waals surface area contributed by atoms with Crippen molar-refractivity contribution in [2.45, 2.75) is 13.5 Å². The predicted octanol–water partition coefficient (Wildman–Crippen LogP) is 2.14. The zero-order valence-corrected chi connectivity index (χ0v) is 11.1. The van der Waals surface area contributed by atoms with E-state index < -0.39 is 5.97 Å². The molecular weight excluding hydrogens is 242 g/mol. The molecule has 0 atom stereocenters. The van der Waals surface area contributed by atoms with Crippen LogP contribution in [-0.2, 0) is 13.6 Å². The summed E-state index contributed by atoms with van der Waals surface area (Å²) in [6.45, 7) is 3.57. The second kappa shape index (κ2) is 5.56. The maximum absolute atomic E-state index is 11.0. The quantitative estimate of drug-likeness (QED) is 0.893. The normalized spacial score (nSPS) is 10.4. The first-order chi connectivity index (χ1) is 9.10. The van der Waals surface area contributed by atoms with Gasteiger partial charge in [0.1, 0.15) is 0 Å². The predicted molar refractivity (Wildman–Crippen MR) is 73.3 cm³/mol. The lowest BCUT2D eigenvalue weighted by atomic mass is 10.1. The first kappa shape index (κ1) is 13.1. The van der Waals surface area contributed by atoms with E-state index in [1.807, 2.05) is 25.5 Å². The lowest BCUT2D eigenvalue weighted by molar-refractivity contribution is 0.0696. The van der Waals surface area contributed by atoms with Gasteiger partial charge in [0.2, 0.25) is 0 Å². The lowest BCUT2D eigenvalue weighted by Gasteiger charge is -2.21. The molecule has 0 bridgehead atoms. The number of carbonyl (C=O) groups is 1. The second-order valence-electron chi connectivity index (χ2n) is 4.39. The molecule has 100 valence electrons. The maximum Gasteiger partial charge on any atom is 0.335 e. The Morgan fingerprint density at radius 2 is 2.26 bits per heavy atom. The number of hydrogen-bond donors (Lipinski definition) is 1. The van der Waals surface area contributed by atoms with Crippen LogP contribution >= 0.6 is 0 Å². The molecule has 1 aromatic carbocycles. The van der Waals surface area contributed by atoms with Crippen molar-refractivity contribution in [2.75, 3.05) is 11.4 Å². The molecular formula is C14H17N3O2. The van der Waals surface area contributed by atoms with Gasteiger partial charge in [-0.3, -0.25) is 4.68 Å². The van der Waals surface area contributed by atoms with E-state index in [0.717, 1.165) is 17.8 Å². The molecule has 2 rings (SSSR count). The molecule has 0 saturated heterocycles. The molecule has 1 aromatic heterocycles. The molecule has 1 heterocycles. The topological polar surface area (TPSA) is 58.4 Å². The Kier molecular flexibility index (Phi) is 3.85. The number of aromatic carboxylic acids is 1. The van der Waals surface area contributed by atoms with Gasteiger partial charge in [-0.25, -0.2) is 4.79 Å². The molecule has 0 fully saturated rings. The number of hydrogen-bond acceptors (Lipinski definition) is 3. The first-order valence-electron chi connectivity index (χ1n) is 6.16. The SMILES string of the molecule is CCN(Cc1cccc(C(=O)O)c1)c1cnn(C)c1. The molecule has 0 spiro atoms. The number of anilines is 1. The van der Waals surface area contributed by atoms with E-state index in [0.29, 0.717) is 12.1 Å². The largest absolute Gasteiger partial charge is 0.478 e. The van der Waals surface area contributed by atoms with Crippen molar-refractivity contribution in [1.29, 1.82) is 0 Å². The minimum Gasteiger partial charge on any atom is -0.478 e. The summed E-state index contributed by atoms with van der Waals surface area (Å²) in [5.41, 5.74) is 2.33. The van der Waals surface area contributed by atoms with Gasteiger partial charge in [-0.1, -0.05) is 12.1 Å². The minimum absolute atomic E-state index is 0.319. The Morgan fingerprint density at radius 3 is 2.84 bits per heavy atom. The number of nitrogens with zero attached hydrogens (tertiary/aromatic N) is 3. The van der Waals surface area contributed by atoms with Crippen molar-refractivity contribution in [2.24, 2.45) is 7.05 Å². The molecule has 5 nitrogen and oxygen atoms in total. The monoisotopic (exact) mass is 259 g/mol. The highest BCUT2D eigenvalue weighted by molar-refractivity contribution is 5.87. The number of carboxylic acid groups (broad SMARTS) is 1. The fourth-order valence-corrected chi connectivity index (χ4v) is 1.98. The van der Waals surface area contributed by atoms with E-state index in [1.54, 1.807) is 22.9 Å². The van der Waals surface area contributed by atoms with Gasteiger partial charge >= 0.3 is 5.97 Å². The van der Waals surface area contributed by atoms with Crippen LogP contribution in [0, 0.1) is 0 Å². The summed E-state index contributed by atoms with van der Waals surface area (Å²) < 4.78 is 1.76. The Morgan fingerprint density at radius 1 is 1.47 bits per heavy atom. The van der Waals surface area contributed by atoms with Crippen molar-refractivity contribution >= 4 is 11.7 Å². The van der Waals surface area contributed by atoms with Crippen LogP contribution in [0.1, 0.15) is 22.8 Å². The van der Waals surface area contributed by atoms with E-state index in [2.05, 4.69) is 16.9 Å². The standard InChI is InChI=1S/C14H17N3O2/c1-3-17(13-8-15-16(2)10-13)9-11-5-4-6-12(7-11)14(18)19/h4-8,10H,3,9H2,1-2H3,(H,18,19). The van der Waals surface area contributed by atoms with Gasteiger partial charge in [0.25, 0.3) is 0 Å². The number of aryl methyl sites for hydroxylation is 1. The Balaban J connectivity index is 2.18. The summed E-state index contributed by atoms with van der Waals surface area (Å²) in [5.74, 6) is -0.897. The van der Waals surface area contributed by atoms with E-state index in [4.69, 9.17) is 5.11 Å². The summed E-state index contributed by atoms with van der Waals surface area (Å²) in [4.78, 5) is 13.1. The Labute approximate surface area is 112 Å². The van der Waals surface area contributed by atoms with Crippen LogP contribution in [0.3, 0.4) is 0 Å². The molecule has 0 unspecified atom stereocenters. The smallest absolute Gasteiger partial charge is 0.335 e. The molecule has 19 heavy (non-hydrogen) atoms. The first-order valence-corrected chi connectivity index (χ1v) is 6.16. The number of benzene rings is 1. The van der Waals surface area contributed by atoms with Gasteiger partial charge in [0, 0.05) is 26.3 Å². The summed E-state index contributed by atoms with van der Waals surface area (Å²) in [6.07, 6.45) is 3.76. The van der Waals surface area contributed by atoms with Gasteiger partial charge < -0.3 is 10.0 Å². The van der Waals surface area contributed by atoms with Crippen LogP contribution in [0.4, 0.5) is 5.69 Å². The van der Waals surface area contributed by atoms with E-state index >= 15 is 0 Å². The summed E-state index contributed by atoms with van der Waals surface area (Å²) in [6, 6.07) is 7.02. The molecule has 2 aromatic rings. The van der Waals surface area contributed by atoms with Gasteiger partial charge in [-0.15, -0.1) is 0 Å². The molecule has 0 amide bonds. The molecule has 5 heteroatoms. The van der Waals surface area contributed by atoms with Crippen LogP contribution in [0.25, 0.3) is 0 Å². The average Bonchev–Trinajstić information content (AvgIpc) is 2.83. The molecule has 0 saturated carbocycles. The fraction of sp³-hybridized carbons (Fsp3) is 0.286. The highest BCUT2D eigenvalue weighted by atomic mass is 16.4. The number of rotatable bonds is 5. The lowest BCUT2D eigenvalue weighted by Crippen LogP contribution is -2.21. The maximum atomic E-state index is 11.0. The Hall–Kier alpha value is -2.30. The third-order valence-corrected chi connectivity index (χ3v) is 2.99. The van der Waals surface area contributed by atoms with Crippen molar-refractivity contribution in [1.82, 2.24) is 9.78 Å². The number of aromatic nitrogens is 2. The van der Waals surface area contributed by atoms with Crippen molar-refractivity contribution in [3.8, 4) is 0 Å². The van der Waals surface area contributed by atoms with Crippen LogP contribution in [0.15, 0.2) is 36.7 Å². The zero-order chi connectivity index (χ0) is 13.8. The third kappa shape index (κ3) is 3.13. The van der Waals surface area contributed by atoms with Crippen molar-refractivity contribution < 1.29 is 9.90 Å². The summed E-state index contributed by atoms with van der Waals surface area (Å²) in [7, 11) is 1.88. The number of carboxylic acids is 1. The van der Waals surface area contributed by atoms with Crippen LogP contribution in [0.5, 0.6) is 0 Å². The zero-order valence-electron chi connectivity index (χ0n) is 11.1. The van der Waals surface area contributed by atoms with Crippen LogP contribution in [0.2, 0.25) is 0 Å². The van der Waals surface area contributed by atoms with E-state index in [1.165, 1.54) is 0 Å². The van der Waals surface area contributed by atoms with Gasteiger partial charge in [-0.2, -0.15) is 5.10 Å². The highest BCUT2D eigenvalue weighted by Crippen LogP contribution is 2.16. The molecule has 0 radical (unpaired) electrons. The molecule has 0 aliphatic rings. The average molecular weight is 259 g/mol. The van der Waals surface area contributed by atoms with Crippen molar-refractivity contribution in [3.05, 3.63) is 47.8 Å². The van der Waals surface area contributed by atoms with E-state index in [9.17, 15) is 4.79 Å². The van der Waals surface area contributed by atoms with E-state index in [-0.39, 0.29) is 0 Å². The van der Waals surface area contributed by atoms with Gasteiger partial charge in [-0.05, 0) is 24.6 Å².